The molecule has 5 rings (SSSR count). The van der Waals surface area contributed by atoms with Crippen LogP contribution in [0.4, 0.5) is 8.78 Å². The molecule has 2 N–H and O–H groups in total. The number of allylic oxidation sites excluding steroid dienone is 3. The summed E-state index contributed by atoms with van der Waals surface area (Å²) >= 11 is 0. The van der Waals surface area contributed by atoms with Crippen molar-refractivity contribution in [1.29, 1.82) is 0 Å². The first-order chi connectivity index (χ1) is 31.8. The van der Waals surface area contributed by atoms with E-state index in [0.29, 0.717) is 62.5 Å². The van der Waals surface area contributed by atoms with Crippen molar-refractivity contribution in [3.63, 3.8) is 0 Å². The molecule has 3 fully saturated rings. The molecule has 374 valence electrons. The lowest BCUT2D eigenvalue weighted by molar-refractivity contribution is -0.302. The standard InChI is InChI=1S/C52H75F2NO12/c1-10-37-21-30(2)20-31(3)22-45(63-8)48-46(64-9)24-33(5)52(61,67-48)49(58)50(59)55-18-12-11-15-40(55)51(60)66-47(34(6)41(56)29-42(37)57)32(4)23-36-16-17-43(44(27-36)62-7)65-19-13-14-35-25-38(53)28-39(54)26-35/h13-14,21,23,25-26,28,31,33-34,36-37,40-41,43-48,56,61H,10-12,15-20,22,24,27,29H2,1-9H3/b14-13?,30-21+,32-23?. The maximum atomic E-state index is 14.5. The summed E-state index contributed by atoms with van der Waals surface area (Å²) in [7, 11) is 4.65. The van der Waals surface area contributed by atoms with Gasteiger partial charge in [-0.25, -0.2) is 13.6 Å². The molecule has 14 atom stereocenters. The van der Waals surface area contributed by atoms with Gasteiger partial charge < -0.3 is 43.5 Å². The molecule has 1 amide bonds. The van der Waals surface area contributed by atoms with E-state index in [0.717, 1.165) is 11.6 Å². The smallest absolute Gasteiger partial charge is 0.329 e. The second-order valence-corrected chi connectivity index (χ2v) is 19.6. The van der Waals surface area contributed by atoms with Gasteiger partial charge in [-0.05, 0) is 113 Å². The van der Waals surface area contributed by atoms with Crippen molar-refractivity contribution in [1.82, 2.24) is 4.90 Å². The largest absolute Gasteiger partial charge is 0.456 e. The number of piperidine rings is 1. The topological polar surface area (TPSA) is 167 Å². The van der Waals surface area contributed by atoms with Gasteiger partial charge >= 0.3 is 5.97 Å². The second kappa shape index (κ2) is 24.7. The Morgan fingerprint density at radius 1 is 0.896 bits per heavy atom. The number of hydrogen-bond donors (Lipinski definition) is 2. The third kappa shape index (κ3) is 13.8. The van der Waals surface area contributed by atoms with Gasteiger partial charge in [-0.1, -0.05) is 57.6 Å². The molecule has 0 spiro atoms. The molecule has 13 nitrogen and oxygen atoms in total. The zero-order valence-corrected chi connectivity index (χ0v) is 40.9. The highest BCUT2D eigenvalue weighted by molar-refractivity contribution is 6.39. The zero-order chi connectivity index (χ0) is 49.2. The van der Waals surface area contributed by atoms with Crippen LogP contribution in [0.3, 0.4) is 0 Å². The second-order valence-electron chi connectivity index (χ2n) is 19.6. The number of hydrogen-bond acceptors (Lipinski definition) is 12. The maximum Gasteiger partial charge on any atom is 0.329 e. The minimum atomic E-state index is -2.53. The van der Waals surface area contributed by atoms with Gasteiger partial charge in [0.2, 0.25) is 5.79 Å². The van der Waals surface area contributed by atoms with Crippen molar-refractivity contribution in [2.45, 2.75) is 167 Å². The average molecular weight is 944 g/mol. The summed E-state index contributed by atoms with van der Waals surface area (Å²) in [6.45, 7) is 11.4. The van der Waals surface area contributed by atoms with Crippen LogP contribution in [0.5, 0.6) is 0 Å². The quantitative estimate of drug-likeness (QED) is 0.135. The van der Waals surface area contributed by atoms with Crippen LogP contribution in [0.15, 0.2) is 47.6 Å². The third-order valence-electron chi connectivity index (χ3n) is 14.5. The molecule has 0 radical (unpaired) electrons. The molecule has 1 aromatic rings. The summed E-state index contributed by atoms with van der Waals surface area (Å²) in [4.78, 5) is 58.3. The van der Waals surface area contributed by atoms with E-state index in [1.165, 1.54) is 31.3 Å². The first kappa shape index (κ1) is 54.2. The normalized spacial score (nSPS) is 36.8. The number of methoxy groups -OCH3 is 3. The summed E-state index contributed by atoms with van der Waals surface area (Å²) in [5.74, 6) is -9.13. The van der Waals surface area contributed by atoms with Gasteiger partial charge in [0.1, 0.15) is 35.7 Å². The summed E-state index contributed by atoms with van der Waals surface area (Å²) in [5, 5.41) is 23.9. The molecule has 0 aromatic heterocycles. The Kier molecular flexibility index (Phi) is 20.0. The SMILES string of the molecule is CCC1/C=C(\C)CC(C)CC(OC)C2OC(O)(C(=O)C(=O)N3CCCCC3C(=O)OC(C(C)=CC3CCC(OCC=Cc4cc(F)cc(F)c4)C(OC)C3)C(C)C(O)CC1=O)C(C)CC2OC. The van der Waals surface area contributed by atoms with Gasteiger partial charge in [0.25, 0.3) is 11.7 Å². The van der Waals surface area contributed by atoms with E-state index in [4.69, 9.17) is 28.4 Å². The molecule has 3 aliphatic heterocycles. The van der Waals surface area contributed by atoms with Gasteiger partial charge in [0.05, 0.1) is 37.1 Å². The number of ketones is 2. The van der Waals surface area contributed by atoms with Crippen LogP contribution in [0.25, 0.3) is 6.08 Å². The van der Waals surface area contributed by atoms with Crippen LogP contribution in [-0.4, -0.2) is 128 Å². The Labute approximate surface area is 395 Å². The predicted octanol–water partition coefficient (Wildman–Crippen LogP) is 7.49. The monoisotopic (exact) mass is 944 g/mol. The molecule has 1 saturated carbocycles. The number of carbonyl (C=O) groups is 4. The van der Waals surface area contributed by atoms with Crippen LogP contribution in [0, 0.1) is 41.2 Å². The molecule has 67 heavy (non-hydrogen) atoms. The fourth-order valence-electron chi connectivity index (χ4n) is 10.6. The van der Waals surface area contributed by atoms with E-state index in [1.807, 2.05) is 39.8 Å². The summed E-state index contributed by atoms with van der Waals surface area (Å²) < 4.78 is 63.7. The molecule has 4 aliphatic rings. The minimum absolute atomic E-state index is 0.0115. The van der Waals surface area contributed by atoms with Crippen molar-refractivity contribution in [2.24, 2.45) is 29.6 Å². The van der Waals surface area contributed by atoms with E-state index < -0.39 is 89.4 Å². The first-order valence-electron chi connectivity index (χ1n) is 24.2. The van der Waals surface area contributed by atoms with Crippen LogP contribution in [0.1, 0.15) is 118 Å². The Morgan fingerprint density at radius 2 is 1.57 bits per heavy atom. The molecular weight excluding hydrogens is 869 g/mol. The molecule has 3 heterocycles. The van der Waals surface area contributed by atoms with Crippen LogP contribution >= 0.6 is 0 Å². The van der Waals surface area contributed by atoms with E-state index in [-0.39, 0.29) is 62.2 Å². The molecule has 14 unspecified atom stereocenters. The number of ether oxygens (including phenoxy) is 6. The Bertz CT molecular complexity index is 1940. The van der Waals surface area contributed by atoms with Gasteiger partial charge in [-0.3, -0.25) is 14.4 Å². The third-order valence-corrected chi connectivity index (χ3v) is 14.5. The number of amides is 1. The van der Waals surface area contributed by atoms with Crippen LogP contribution < -0.4 is 0 Å². The van der Waals surface area contributed by atoms with Gasteiger partial charge in [-0.2, -0.15) is 0 Å². The lowest BCUT2D eigenvalue weighted by Gasteiger charge is -2.47. The van der Waals surface area contributed by atoms with Crippen molar-refractivity contribution in [3.8, 4) is 0 Å². The van der Waals surface area contributed by atoms with Crippen LogP contribution in [0.2, 0.25) is 0 Å². The van der Waals surface area contributed by atoms with Gasteiger partial charge in [0.15, 0.2) is 0 Å². The highest BCUT2D eigenvalue weighted by Gasteiger charge is 2.56. The molecule has 2 saturated heterocycles. The summed E-state index contributed by atoms with van der Waals surface area (Å²) in [6, 6.07) is 2.11. The number of aliphatic hydroxyl groups excluding tert-OH is 1. The number of benzene rings is 1. The maximum absolute atomic E-state index is 14.5. The van der Waals surface area contributed by atoms with Crippen molar-refractivity contribution in [3.05, 3.63) is 64.8 Å². The molecular formula is C52H75F2NO12. The Hall–Kier alpha value is -3.70. The Balaban J connectivity index is 1.43. The highest BCUT2D eigenvalue weighted by Crippen LogP contribution is 2.39. The fourth-order valence-corrected chi connectivity index (χ4v) is 10.6. The summed E-state index contributed by atoms with van der Waals surface area (Å²) in [6.07, 6.45) is 7.10. The number of halogens is 2. The lowest BCUT2D eigenvalue weighted by atomic mass is 9.81. The number of fused-ring (bicyclic) bond motifs is 3. The average Bonchev–Trinajstić information content (AvgIpc) is 3.29. The fraction of sp³-hybridized carbons (Fsp3) is 0.692. The number of aliphatic hydroxyl groups is 2. The minimum Gasteiger partial charge on any atom is -0.456 e. The highest BCUT2D eigenvalue weighted by atomic mass is 19.1. The number of nitrogens with zero attached hydrogens (tertiary/aromatic N) is 1. The number of carbonyl (C=O) groups excluding carboxylic acids is 4. The number of cyclic esters (lactones) is 1. The number of Topliss-reactive ketones (excluding diaryl/α,β-unsaturated/α-hetero) is 2. The first-order valence-corrected chi connectivity index (χ1v) is 24.2. The van der Waals surface area contributed by atoms with E-state index >= 15 is 0 Å². The Morgan fingerprint density at radius 3 is 2.22 bits per heavy atom. The predicted molar refractivity (Wildman–Crippen MR) is 247 cm³/mol. The molecule has 15 heteroatoms. The van der Waals surface area contributed by atoms with Crippen molar-refractivity contribution < 1.29 is 66.6 Å². The number of esters is 1. The number of rotatable bonds is 10. The van der Waals surface area contributed by atoms with Crippen molar-refractivity contribution in [2.75, 3.05) is 34.5 Å². The molecule has 1 aliphatic carbocycles. The zero-order valence-electron chi connectivity index (χ0n) is 40.9. The molecule has 2 bridgehead atoms. The molecule has 1 aromatic carbocycles. The van der Waals surface area contributed by atoms with Gasteiger partial charge in [0, 0.05) is 58.1 Å². The van der Waals surface area contributed by atoms with Gasteiger partial charge in [-0.15, -0.1) is 0 Å². The lowest BCUT2D eigenvalue weighted by Crippen LogP contribution is -2.64. The van der Waals surface area contributed by atoms with Crippen molar-refractivity contribution >= 4 is 29.5 Å². The van der Waals surface area contributed by atoms with E-state index in [9.17, 15) is 38.2 Å². The van der Waals surface area contributed by atoms with E-state index in [2.05, 4.69) is 0 Å². The van der Waals surface area contributed by atoms with E-state index in [1.54, 1.807) is 33.1 Å². The summed E-state index contributed by atoms with van der Waals surface area (Å²) in [5.41, 5.74) is 1.99. The van der Waals surface area contributed by atoms with Crippen LogP contribution in [-0.2, 0) is 47.6 Å².